The summed E-state index contributed by atoms with van der Waals surface area (Å²) in [6.45, 7) is 5.11. The first-order valence-electron chi connectivity index (χ1n) is 13.7. The Morgan fingerprint density at radius 1 is 0.613 bits per heavy atom. The van der Waals surface area contributed by atoms with Crippen LogP contribution < -0.4 is 0 Å². The highest BCUT2D eigenvalue weighted by Crippen LogP contribution is 2.19. The summed E-state index contributed by atoms with van der Waals surface area (Å²) in [6.07, 6.45) is 28.4. The van der Waals surface area contributed by atoms with E-state index in [1.54, 1.807) is 0 Å². The molecular formula is C28H53BrO2. The number of esters is 1. The summed E-state index contributed by atoms with van der Waals surface area (Å²) in [4.78, 5) is 12.3. The number of ether oxygens (including phenoxy) is 1. The molecule has 0 radical (unpaired) electrons. The third-order valence-corrected chi connectivity index (χ3v) is 6.61. The maximum atomic E-state index is 12.3. The van der Waals surface area contributed by atoms with Crippen molar-refractivity contribution in [1.82, 2.24) is 0 Å². The summed E-state index contributed by atoms with van der Waals surface area (Å²) in [5.74, 6) is -0.110. The van der Waals surface area contributed by atoms with Crippen LogP contribution in [0.25, 0.3) is 0 Å². The van der Waals surface area contributed by atoms with Gasteiger partial charge in [0.1, 0.15) is 0 Å². The summed E-state index contributed by atoms with van der Waals surface area (Å²) in [7, 11) is 0. The molecule has 0 saturated heterocycles. The van der Waals surface area contributed by atoms with Gasteiger partial charge in [-0.25, -0.2) is 4.79 Å². The molecule has 0 aromatic carbocycles. The fourth-order valence-corrected chi connectivity index (χ4v) is 4.39. The first kappa shape index (κ1) is 30.7. The van der Waals surface area contributed by atoms with Crippen LogP contribution in [-0.4, -0.2) is 17.9 Å². The predicted octanol–water partition coefficient (Wildman–Crippen LogP) is 10.1. The smallest absolute Gasteiger partial charge is 0.330 e. The normalized spacial score (nSPS) is 11.8. The number of rotatable bonds is 24. The van der Waals surface area contributed by atoms with Gasteiger partial charge in [0.25, 0.3) is 0 Å². The maximum Gasteiger partial charge on any atom is 0.330 e. The van der Waals surface area contributed by atoms with E-state index in [-0.39, 0.29) is 5.97 Å². The molecule has 0 rings (SSSR count). The molecule has 0 bridgehead atoms. The largest absolute Gasteiger partial charge is 0.463 e. The van der Waals surface area contributed by atoms with Crippen LogP contribution in [0.4, 0.5) is 0 Å². The van der Waals surface area contributed by atoms with Gasteiger partial charge in [0, 0.05) is 11.4 Å². The van der Waals surface area contributed by atoms with Crippen molar-refractivity contribution in [1.29, 1.82) is 0 Å². The highest BCUT2D eigenvalue weighted by atomic mass is 79.9. The number of halogens is 1. The van der Waals surface area contributed by atoms with Gasteiger partial charge >= 0.3 is 5.97 Å². The Balaban J connectivity index is 4.14. The summed E-state index contributed by atoms with van der Waals surface area (Å²) < 4.78 is 5.50. The zero-order valence-electron chi connectivity index (χ0n) is 21.0. The van der Waals surface area contributed by atoms with Crippen molar-refractivity contribution in [3.63, 3.8) is 0 Å². The third kappa shape index (κ3) is 24.2. The van der Waals surface area contributed by atoms with Crippen LogP contribution in [0.2, 0.25) is 0 Å². The van der Waals surface area contributed by atoms with Crippen LogP contribution in [0.15, 0.2) is 11.6 Å². The van der Waals surface area contributed by atoms with Crippen LogP contribution in [0, 0.1) is 0 Å². The SMILES string of the molecule is CCCCCCCCCC/C(=C\C(=O)OCCCCCCCBr)CCCCCCCC. The second-order valence-electron chi connectivity index (χ2n) is 9.17. The minimum absolute atomic E-state index is 0.110. The molecule has 0 saturated carbocycles. The van der Waals surface area contributed by atoms with Gasteiger partial charge in [0.15, 0.2) is 0 Å². The van der Waals surface area contributed by atoms with E-state index in [2.05, 4.69) is 29.8 Å². The fourth-order valence-electron chi connectivity index (χ4n) is 4.00. The predicted molar refractivity (Wildman–Crippen MR) is 141 cm³/mol. The molecule has 0 aliphatic rings. The zero-order chi connectivity index (χ0) is 22.8. The molecule has 0 aliphatic carbocycles. The van der Waals surface area contributed by atoms with Gasteiger partial charge in [-0.3, -0.25) is 0 Å². The topological polar surface area (TPSA) is 26.3 Å². The average Bonchev–Trinajstić information content (AvgIpc) is 2.77. The lowest BCUT2D eigenvalue weighted by atomic mass is 9.99. The molecule has 0 unspecified atom stereocenters. The second-order valence-corrected chi connectivity index (χ2v) is 9.96. The number of carbonyl (C=O) groups is 1. The van der Waals surface area contributed by atoms with Gasteiger partial charge in [0.2, 0.25) is 0 Å². The molecule has 184 valence electrons. The van der Waals surface area contributed by atoms with Crippen molar-refractivity contribution in [3.8, 4) is 0 Å². The number of alkyl halides is 1. The number of hydrogen-bond donors (Lipinski definition) is 0. The quantitative estimate of drug-likeness (QED) is 0.0569. The van der Waals surface area contributed by atoms with Gasteiger partial charge in [-0.1, -0.05) is 132 Å². The van der Waals surface area contributed by atoms with Crippen molar-refractivity contribution in [2.45, 2.75) is 149 Å². The minimum atomic E-state index is -0.110. The van der Waals surface area contributed by atoms with E-state index in [1.807, 2.05) is 6.08 Å². The molecule has 0 spiro atoms. The molecule has 2 nitrogen and oxygen atoms in total. The van der Waals surface area contributed by atoms with Crippen LogP contribution in [0.1, 0.15) is 149 Å². The van der Waals surface area contributed by atoms with E-state index in [0.717, 1.165) is 31.0 Å². The number of hydrogen-bond acceptors (Lipinski definition) is 2. The molecule has 0 atom stereocenters. The number of carbonyl (C=O) groups excluding carboxylic acids is 1. The molecule has 0 aromatic rings. The van der Waals surface area contributed by atoms with Gasteiger partial charge in [-0.15, -0.1) is 0 Å². The molecular weight excluding hydrogens is 448 g/mol. The maximum absolute atomic E-state index is 12.3. The van der Waals surface area contributed by atoms with Crippen molar-refractivity contribution < 1.29 is 9.53 Å². The Morgan fingerprint density at radius 3 is 1.52 bits per heavy atom. The van der Waals surface area contributed by atoms with Gasteiger partial charge in [-0.2, -0.15) is 0 Å². The summed E-state index contributed by atoms with van der Waals surface area (Å²) >= 11 is 3.47. The van der Waals surface area contributed by atoms with Gasteiger partial charge in [0.05, 0.1) is 6.61 Å². The highest BCUT2D eigenvalue weighted by molar-refractivity contribution is 9.09. The zero-order valence-corrected chi connectivity index (χ0v) is 22.6. The lowest BCUT2D eigenvalue weighted by Crippen LogP contribution is -2.04. The Labute approximate surface area is 203 Å². The molecule has 0 fully saturated rings. The molecule has 0 aliphatic heterocycles. The van der Waals surface area contributed by atoms with Crippen molar-refractivity contribution in [2.24, 2.45) is 0 Å². The van der Waals surface area contributed by atoms with E-state index in [0.29, 0.717) is 6.61 Å². The van der Waals surface area contributed by atoms with Crippen LogP contribution >= 0.6 is 15.9 Å². The monoisotopic (exact) mass is 500 g/mol. The van der Waals surface area contributed by atoms with Crippen molar-refractivity contribution in [2.75, 3.05) is 11.9 Å². The minimum Gasteiger partial charge on any atom is -0.463 e. The van der Waals surface area contributed by atoms with Gasteiger partial charge < -0.3 is 4.74 Å². The van der Waals surface area contributed by atoms with E-state index in [9.17, 15) is 4.79 Å². The Bertz CT molecular complexity index is 406. The Hall–Kier alpha value is -0.310. The summed E-state index contributed by atoms with van der Waals surface area (Å²) in [6, 6.07) is 0. The van der Waals surface area contributed by atoms with Crippen LogP contribution in [0.3, 0.4) is 0 Å². The summed E-state index contributed by atoms with van der Waals surface area (Å²) in [5, 5.41) is 1.09. The first-order valence-corrected chi connectivity index (χ1v) is 14.8. The number of allylic oxidation sites excluding steroid dienone is 1. The molecule has 0 amide bonds. The van der Waals surface area contributed by atoms with E-state index in [4.69, 9.17) is 4.74 Å². The lowest BCUT2D eigenvalue weighted by molar-refractivity contribution is -0.137. The lowest BCUT2D eigenvalue weighted by Gasteiger charge is -2.09. The van der Waals surface area contributed by atoms with Crippen LogP contribution in [-0.2, 0) is 9.53 Å². The Morgan fingerprint density at radius 2 is 1.03 bits per heavy atom. The van der Waals surface area contributed by atoms with E-state index < -0.39 is 0 Å². The van der Waals surface area contributed by atoms with E-state index in [1.165, 1.54) is 115 Å². The molecule has 0 N–H and O–H groups in total. The van der Waals surface area contributed by atoms with Crippen molar-refractivity contribution in [3.05, 3.63) is 11.6 Å². The first-order chi connectivity index (χ1) is 15.2. The van der Waals surface area contributed by atoms with Crippen molar-refractivity contribution >= 4 is 21.9 Å². The highest BCUT2D eigenvalue weighted by Gasteiger charge is 2.05. The van der Waals surface area contributed by atoms with E-state index >= 15 is 0 Å². The Kier molecular flexibility index (Phi) is 25.7. The summed E-state index contributed by atoms with van der Waals surface area (Å²) in [5.41, 5.74) is 1.32. The number of unbranched alkanes of at least 4 members (excludes halogenated alkanes) is 16. The standard InChI is InChI=1S/C28H53BrO2/c1-3-5-7-9-11-12-15-19-23-27(22-18-14-10-8-6-4-2)26-28(30)31-25-21-17-13-16-20-24-29/h26H,3-25H2,1-2H3/b27-26-. The molecule has 0 heterocycles. The third-order valence-electron chi connectivity index (χ3n) is 6.05. The molecule has 0 aromatic heterocycles. The fraction of sp³-hybridized carbons (Fsp3) is 0.893. The molecule has 3 heteroatoms. The van der Waals surface area contributed by atoms with Crippen LogP contribution in [0.5, 0.6) is 0 Å². The average molecular weight is 502 g/mol. The molecule has 31 heavy (non-hydrogen) atoms. The second kappa shape index (κ2) is 25.9. The van der Waals surface area contributed by atoms with Gasteiger partial charge in [-0.05, 0) is 38.5 Å².